The number of pyridine rings is 1. The molecule has 1 aromatic heterocycles. The van der Waals surface area contributed by atoms with Crippen LogP contribution in [-0.4, -0.2) is 10.1 Å². The van der Waals surface area contributed by atoms with Gasteiger partial charge in [0.1, 0.15) is 11.5 Å². The molecule has 0 aliphatic rings. The van der Waals surface area contributed by atoms with Gasteiger partial charge in [0, 0.05) is 23.5 Å². The van der Waals surface area contributed by atoms with Gasteiger partial charge < -0.3 is 9.84 Å². The first kappa shape index (κ1) is 14.5. The molecule has 106 valence electrons. The maximum atomic E-state index is 9.31. The molecule has 0 radical (unpaired) electrons. The van der Waals surface area contributed by atoms with Gasteiger partial charge in [0.05, 0.1) is 6.61 Å². The van der Waals surface area contributed by atoms with Gasteiger partial charge in [-0.05, 0) is 37.5 Å². The summed E-state index contributed by atoms with van der Waals surface area (Å²) in [5.74, 6) is 1.45. The zero-order valence-corrected chi connectivity index (χ0v) is 12.1. The fraction of sp³-hybridized carbons (Fsp3) is 0.353. The lowest BCUT2D eigenvalue weighted by atomic mass is 10.1. The lowest BCUT2D eigenvalue weighted by Crippen LogP contribution is -1.95. The lowest BCUT2D eigenvalue weighted by Gasteiger charge is -2.10. The Bertz CT molecular complexity index is 549. The predicted octanol–water partition coefficient (Wildman–Crippen LogP) is 4.02. The molecule has 0 aliphatic heterocycles. The average molecular weight is 271 g/mol. The summed E-state index contributed by atoms with van der Waals surface area (Å²) in [6.07, 6.45) is 5.17. The molecule has 0 unspecified atom stereocenters. The van der Waals surface area contributed by atoms with Crippen LogP contribution >= 0.6 is 0 Å². The van der Waals surface area contributed by atoms with Gasteiger partial charge in [-0.3, -0.25) is 4.98 Å². The number of rotatable bonds is 6. The van der Waals surface area contributed by atoms with Crippen molar-refractivity contribution in [1.29, 1.82) is 0 Å². The van der Waals surface area contributed by atoms with Crippen molar-refractivity contribution in [3.63, 3.8) is 0 Å². The highest BCUT2D eigenvalue weighted by molar-refractivity contribution is 5.38. The molecule has 3 heteroatoms. The highest BCUT2D eigenvalue weighted by Gasteiger charge is 2.05. The number of hydrogen-bond acceptors (Lipinski definition) is 3. The smallest absolute Gasteiger partial charge is 0.136 e. The third-order valence-corrected chi connectivity index (χ3v) is 3.22. The second-order valence-electron chi connectivity index (χ2n) is 4.94. The van der Waals surface area contributed by atoms with E-state index < -0.39 is 0 Å². The molecule has 0 bridgehead atoms. The van der Waals surface area contributed by atoms with Crippen molar-refractivity contribution in [3.8, 4) is 11.5 Å². The maximum absolute atomic E-state index is 9.31. The van der Waals surface area contributed by atoms with E-state index in [9.17, 15) is 5.11 Å². The van der Waals surface area contributed by atoms with Gasteiger partial charge in [-0.15, -0.1) is 0 Å². The van der Waals surface area contributed by atoms with Gasteiger partial charge >= 0.3 is 0 Å². The number of aromatic nitrogens is 1. The number of aliphatic hydroxyl groups is 1. The van der Waals surface area contributed by atoms with Crippen molar-refractivity contribution in [2.75, 3.05) is 0 Å². The monoisotopic (exact) mass is 271 g/mol. The molecule has 1 heterocycles. The summed E-state index contributed by atoms with van der Waals surface area (Å²) in [5, 5.41) is 9.31. The topological polar surface area (TPSA) is 42.4 Å². The van der Waals surface area contributed by atoms with Crippen molar-refractivity contribution in [2.45, 2.75) is 39.7 Å². The van der Waals surface area contributed by atoms with E-state index in [2.05, 4.69) is 24.0 Å². The minimum absolute atomic E-state index is 0.0722. The molecule has 0 aliphatic carbocycles. The van der Waals surface area contributed by atoms with Crippen molar-refractivity contribution in [3.05, 3.63) is 53.3 Å². The first-order chi connectivity index (χ1) is 9.72. The zero-order chi connectivity index (χ0) is 14.4. The molecule has 0 saturated heterocycles. The quantitative estimate of drug-likeness (QED) is 0.863. The number of unbranched alkanes of at least 4 members (excludes halogenated alkanes) is 1. The molecule has 20 heavy (non-hydrogen) atoms. The Morgan fingerprint density at radius 3 is 2.60 bits per heavy atom. The lowest BCUT2D eigenvalue weighted by molar-refractivity contribution is 0.276. The van der Waals surface area contributed by atoms with Crippen LogP contribution in [-0.2, 0) is 13.0 Å². The van der Waals surface area contributed by atoms with Crippen LogP contribution in [0.4, 0.5) is 0 Å². The van der Waals surface area contributed by atoms with Crippen LogP contribution in [0.25, 0.3) is 0 Å². The summed E-state index contributed by atoms with van der Waals surface area (Å²) in [6, 6.07) is 9.98. The first-order valence-corrected chi connectivity index (χ1v) is 7.06. The molecular formula is C17H21NO2. The summed E-state index contributed by atoms with van der Waals surface area (Å²) in [6.45, 7) is 4.03. The van der Waals surface area contributed by atoms with Gasteiger partial charge in [0.15, 0.2) is 0 Å². The normalized spacial score (nSPS) is 10.6. The van der Waals surface area contributed by atoms with Gasteiger partial charge in [0.25, 0.3) is 0 Å². The molecule has 0 spiro atoms. The standard InChI is InChI=1S/C17H21NO2/c1-3-4-5-14-6-8-16(9-7-14)20-17-10-13(2)18-11-15(17)12-19/h6-11,19H,3-5,12H2,1-2H3. The Morgan fingerprint density at radius 2 is 1.95 bits per heavy atom. The highest BCUT2D eigenvalue weighted by atomic mass is 16.5. The Morgan fingerprint density at radius 1 is 1.20 bits per heavy atom. The molecule has 0 saturated carbocycles. The van der Waals surface area contributed by atoms with Crippen LogP contribution in [0.2, 0.25) is 0 Å². The second-order valence-corrected chi connectivity index (χ2v) is 4.94. The van der Waals surface area contributed by atoms with E-state index in [0.717, 1.165) is 17.9 Å². The Kier molecular flexibility index (Phi) is 5.13. The predicted molar refractivity (Wildman–Crippen MR) is 80.0 cm³/mol. The molecular weight excluding hydrogens is 250 g/mol. The number of aliphatic hydroxyl groups excluding tert-OH is 1. The average Bonchev–Trinajstić information content (AvgIpc) is 2.47. The van der Waals surface area contributed by atoms with E-state index in [0.29, 0.717) is 11.3 Å². The number of ether oxygens (including phenoxy) is 1. The van der Waals surface area contributed by atoms with Crippen molar-refractivity contribution < 1.29 is 9.84 Å². The Labute approximate surface area is 120 Å². The van der Waals surface area contributed by atoms with E-state index in [4.69, 9.17) is 4.74 Å². The molecule has 0 fully saturated rings. The fourth-order valence-electron chi connectivity index (χ4n) is 2.01. The summed E-state index contributed by atoms with van der Waals surface area (Å²) < 4.78 is 5.84. The van der Waals surface area contributed by atoms with Crippen LogP contribution in [0.3, 0.4) is 0 Å². The molecule has 0 amide bonds. The third kappa shape index (κ3) is 3.81. The van der Waals surface area contributed by atoms with Gasteiger partial charge in [-0.2, -0.15) is 0 Å². The molecule has 1 aromatic carbocycles. The highest BCUT2D eigenvalue weighted by Crippen LogP contribution is 2.26. The van der Waals surface area contributed by atoms with Gasteiger partial charge in [-0.1, -0.05) is 25.5 Å². The fourth-order valence-corrected chi connectivity index (χ4v) is 2.01. The van der Waals surface area contributed by atoms with Crippen molar-refractivity contribution in [2.24, 2.45) is 0 Å². The number of aryl methyl sites for hydroxylation is 2. The minimum atomic E-state index is -0.0722. The van der Waals surface area contributed by atoms with E-state index in [1.54, 1.807) is 6.20 Å². The summed E-state index contributed by atoms with van der Waals surface area (Å²) in [7, 11) is 0. The molecule has 1 N–H and O–H groups in total. The van der Waals surface area contributed by atoms with Crippen LogP contribution in [0, 0.1) is 6.92 Å². The molecule has 3 nitrogen and oxygen atoms in total. The minimum Gasteiger partial charge on any atom is -0.457 e. The largest absolute Gasteiger partial charge is 0.457 e. The maximum Gasteiger partial charge on any atom is 0.136 e. The van der Waals surface area contributed by atoms with Crippen LogP contribution in [0.15, 0.2) is 36.5 Å². The van der Waals surface area contributed by atoms with Crippen LogP contribution in [0.1, 0.15) is 36.6 Å². The van der Waals surface area contributed by atoms with Crippen molar-refractivity contribution in [1.82, 2.24) is 4.98 Å². The van der Waals surface area contributed by atoms with E-state index in [-0.39, 0.29) is 6.61 Å². The van der Waals surface area contributed by atoms with Gasteiger partial charge in [-0.25, -0.2) is 0 Å². The summed E-state index contributed by atoms with van der Waals surface area (Å²) in [5.41, 5.74) is 2.90. The van der Waals surface area contributed by atoms with E-state index in [1.807, 2.05) is 25.1 Å². The van der Waals surface area contributed by atoms with Crippen LogP contribution in [0.5, 0.6) is 11.5 Å². The molecule has 2 rings (SSSR count). The Hall–Kier alpha value is -1.87. The second kappa shape index (κ2) is 7.06. The van der Waals surface area contributed by atoms with Crippen molar-refractivity contribution >= 4 is 0 Å². The van der Waals surface area contributed by atoms with Crippen LogP contribution < -0.4 is 4.74 Å². The Balaban J connectivity index is 2.11. The number of hydrogen-bond donors (Lipinski definition) is 1. The molecule has 2 aromatic rings. The van der Waals surface area contributed by atoms with E-state index in [1.165, 1.54) is 18.4 Å². The third-order valence-electron chi connectivity index (χ3n) is 3.22. The molecule has 0 atom stereocenters. The number of benzene rings is 1. The SMILES string of the molecule is CCCCc1ccc(Oc2cc(C)ncc2CO)cc1. The van der Waals surface area contributed by atoms with Gasteiger partial charge in [0.2, 0.25) is 0 Å². The van der Waals surface area contributed by atoms with E-state index >= 15 is 0 Å². The first-order valence-electron chi connectivity index (χ1n) is 7.06. The summed E-state index contributed by atoms with van der Waals surface area (Å²) in [4.78, 5) is 4.16. The zero-order valence-electron chi connectivity index (χ0n) is 12.1. The number of nitrogens with zero attached hydrogens (tertiary/aromatic N) is 1. The summed E-state index contributed by atoms with van der Waals surface area (Å²) >= 11 is 0.